The second kappa shape index (κ2) is 10.6. The number of thiophene rings is 1. The van der Waals surface area contributed by atoms with E-state index < -0.39 is 35.5 Å². The van der Waals surface area contributed by atoms with Gasteiger partial charge in [0.05, 0.1) is 22.4 Å². The summed E-state index contributed by atoms with van der Waals surface area (Å²) in [5.74, 6) is -2.38. The Kier molecular flexibility index (Phi) is 7.65. The van der Waals surface area contributed by atoms with E-state index in [-0.39, 0.29) is 51.2 Å². The maximum absolute atomic E-state index is 14.9. The molecule has 1 atom stereocenters. The third kappa shape index (κ3) is 5.75. The van der Waals surface area contributed by atoms with Crippen LogP contribution in [0.2, 0.25) is 0 Å². The molecule has 1 aliphatic rings. The molecule has 13 heteroatoms. The third-order valence-corrected chi connectivity index (χ3v) is 7.27. The summed E-state index contributed by atoms with van der Waals surface area (Å²) in [4.78, 5) is 30.7. The number of carbonyl (C=O) groups excluding carboxylic acids is 1. The number of amides is 2. The maximum atomic E-state index is 14.9. The minimum Gasteiger partial charge on any atom is -0.465 e. The van der Waals surface area contributed by atoms with E-state index in [1.165, 1.54) is 24.8 Å². The van der Waals surface area contributed by atoms with Crippen LogP contribution in [-0.4, -0.2) is 68.3 Å². The van der Waals surface area contributed by atoms with Gasteiger partial charge in [-0.05, 0) is 49.7 Å². The minimum absolute atomic E-state index is 0.00657. The van der Waals surface area contributed by atoms with Gasteiger partial charge in [0, 0.05) is 31.1 Å². The number of hydrogen-bond donors (Lipinski definition) is 5. The second-order valence-electron chi connectivity index (χ2n) is 9.34. The van der Waals surface area contributed by atoms with Gasteiger partial charge in [0.25, 0.3) is 5.91 Å². The molecule has 0 saturated carbocycles. The molecule has 4 rings (SSSR count). The number of anilines is 2. The predicted molar refractivity (Wildman–Crippen MR) is 137 cm³/mol. The van der Waals surface area contributed by atoms with Gasteiger partial charge < -0.3 is 31.3 Å². The fourth-order valence-corrected chi connectivity index (χ4v) is 5.20. The lowest BCUT2D eigenvalue weighted by molar-refractivity contribution is -0.0267. The Morgan fingerprint density at radius 3 is 2.32 bits per heavy atom. The number of carboxylic acid groups (broad SMARTS) is 1. The molecule has 1 unspecified atom stereocenters. The zero-order chi connectivity index (χ0) is 27.8. The van der Waals surface area contributed by atoms with E-state index >= 15 is 0 Å². The van der Waals surface area contributed by atoms with Crippen molar-refractivity contribution in [1.82, 2.24) is 14.8 Å². The van der Waals surface area contributed by atoms with E-state index in [9.17, 15) is 28.6 Å². The van der Waals surface area contributed by atoms with Crippen molar-refractivity contribution < 1.29 is 33.7 Å². The Labute approximate surface area is 220 Å². The van der Waals surface area contributed by atoms with Crippen LogP contribution in [0.3, 0.4) is 0 Å². The Hall–Kier alpha value is -3.65. The molecule has 0 bridgehead atoms. The number of primary amides is 1. The first-order valence-corrected chi connectivity index (χ1v) is 12.5. The molecule has 2 amide bonds. The number of aliphatic hydroxyl groups excluding tert-OH is 1. The lowest BCUT2D eigenvalue weighted by Crippen LogP contribution is -2.49. The molecule has 1 fully saturated rings. The molecular formula is C25H27F2N5O5S. The van der Waals surface area contributed by atoms with Crippen LogP contribution in [0.1, 0.15) is 41.7 Å². The molecule has 10 nitrogen and oxygen atoms in total. The van der Waals surface area contributed by atoms with E-state index in [0.29, 0.717) is 13.1 Å². The standard InChI is InChI=1S/C25H27F2N5O5S/c1-25(2,37)13-10-15(26)20(16(27)11-13)18-12-14(21(28)33)22(38-18)30-19-5-3-4-17(29-19)23(34)31-6-8-32(9-7-31)24(35)36/h3-5,10-12,23,34,37H,6-9H2,1-2H3,(H2,28,33)(H,29,30)(H,35,36). The summed E-state index contributed by atoms with van der Waals surface area (Å²) in [6, 6.07) is 8.18. The van der Waals surface area contributed by atoms with Gasteiger partial charge in [-0.2, -0.15) is 0 Å². The average Bonchev–Trinajstić information content (AvgIpc) is 3.26. The highest BCUT2D eigenvalue weighted by Crippen LogP contribution is 2.40. The molecule has 1 saturated heterocycles. The number of hydrogen-bond acceptors (Lipinski definition) is 8. The summed E-state index contributed by atoms with van der Waals surface area (Å²) in [5, 5.41) is 33.2. The highest BCUT2D eigenvalue weighted by Gasteiger charge is 2.27. The lowest BCUT2D eigenvalue weighted by Gasteiger charge is -2.35. The van der Waals surface area contributed by atoms with Gasteiger partial charge in [0.2, 0.25) is 0 Å². The number of nitrogens with zero attached hydrogens (tertiary/aromatic N) is 3. The van der Waals surface area contributed by atoms with E-state index in [0.717, 1.165) is 23.5 Å². The molecule has 3 aromatic rings. The first-order chi connectivity index (χ1) is 17.8. The first-order valence-electron chi connectivity index (χ1n) is 11.6. The van der Waals surface area contributed by atoms with Crippen molar-refractivity contribution in [2.75, 3.05) is 31.5 Å². The highest BCUT2D eigenvalue weighted by molar-refractivity contribution is 7.20. The SMILES string of the molecule is CC(C)(O)c1cc(F)c(-c2cc(C(N)=O)c(Nc3cccc(C(O)N4CCN(C(=O)O)CC4)n3)s2)c(F)c1. The zero-order valence-electron chi connectivity index (χ0n) is 20.6. The van der Waals surface area contributed by atoms with Crippen LogP contribution in [0.4, 0.5) is 24.4 Å². The van der Waals surface area contributed by atoms with Gasteiger partial charge in [-0.1, -0.05) is 6.07 Å². The summed E-state index contributed by atoms with van der Waals surface area (Å²) in [6.45, 7) is 3.94. The smallest absolute Gasteiger partial charge is 0.407 e. The number of benzene rings is 1. The number of pyridine rings is 1. The predicted octanol–water partition coefficient (Wildman–Crippen LogP) is 3.44. The van der Waals surface area contributed by atoms with Crippen molar-refractivity contribution in [1.29, 1.82) is 0 Å². The average molecular weight is 548 g/mol. The number of carbonyl (C=O) groups is 2. The Morgan fingerprint density at radius 1 is 1.13 bits per heavy atom. The van der Waals surface area contributed by atoms with Crippen LogP contribution >= 0.6 is 11.3 Å². The van der Waals surface area contributed by atoms with Gasteiger partial charge in [0.15, 0.2) is 6.23 Å². The van der Waals surface area contributed by atoms with Crippen LogP contribution in [0.25, 0.3) is 10.4 Å². The lowest BCUT2D eigenvalue weighted by atomic mass is 9.96. The molecule has 2 aromatic heterocycles. The van der Waals surface area contributed by atoms with E-state index in [4.69, 9.17) is 10.8 Å². The van der Waals surface area contributed by atoms with Gasteiger partial charge in [-0.15, -0.1) is 11.3 Å². The number of aliphatic hydroxyl groups is 2. The number of rotatable bonds is 7. The van der Waals surface area contributed by atoms with Gasteiger partial charge in [0.1, 0.15) is 22.5 Å². The van der Waals surface area contributed by atoms with Crippen molar-refractivity contribution >= 4 is 34.2 Å². The van der Waals surface area contributed by atoms with Crippen LogP contribution < -0.4 is 11.1 Å². The molecule has 38 heavy (non-hydrogen) atoms. The molecule has 3 heterocycles. The van der Waals surface area contributed by atoms with Crippen molar-refractivity contribution in [2.45, 2.75) is 25.7 Å². The van der Waals surface area contributed by atoms with Crippen molar-refractivity contribution in [3.8, 4) is 10.4 Å². The summed E-state index contributed by atoms with van der Waals surface area (Å²) < 4.78 is 29.8. The fraction of sp³-hybridized carbons (Fsp3) is 0.320. The Morgan fingerprint density at radius 2 is 1.76 bits per heavy atom. The summed E-state index contributed by atoms with van der Waals surface area (Å²) in [6.07, 6.45) is -2.11. The number of aromatic nitrogens is 1. The Bertz CT molecular complexity index is 1350. The van der Waals surface area contributed by atoms with E-state index in [2.05, 4.69) is 10.3 Å². The van der Waals surface area contributed by atoms with Gasteiger partial charge in [-0.3, -0.25) is 9.69 Å². The monoisotopic (exact) mass is 547 g/mol. The topological polar surface area (TPSA) is 152 Å². The number of halogens is 2. The maximum Gasteiger partial charge on any atom is 0.407 e. The largest absolute Gasteiger partial charge is 0.465 e. The van der Waals surface area contributed by atoms with Gasteiger partial charge in [-0.25, -0.2) is 18.6 Å². The quantitative estimate of drug-likeness (QED) is 0.302. The van der Waals surface area contributed by atoms with Crippen LogP contribution in [-0.2, 0) is 5.60 Å². The number of piperazine rings is 1. The number of nitrogens with one attached hydrogen (secondary N) is 1. The third-order valence-electron chi connectivity index (χ3n) is 6.20. The summed E-state index contributed by atoms with van der Waals surface area (Å²) in [7, 11) is 0. The molecule has 0 spiro atoms. The zero-order valence-corrected chi connectivity index (χ0v) is 21.4. The fourth-order valence-electron chi connectivity index (χ4n) is 4.08. The summed E-state index contributed by atoms with van der Waals surface area (Å²) >= 11 is 0.894. The molecule has 0 aliphatic carbocycles. The number of nitrogens with two attached hydrogens (primary N) is 1. The van der Waals surface area contributed by atoms with E-state index in [1.807, 2.05) is 0 Å². The highest BCUT2D eigenvalue weighted by atomic mass is 32.1. The Balaban J connectivity index is 1.59. The van der Waals surface area contributed by atoms with E-state index in [1.54, 1.807) is 23.1 Å². The van der Waals surface area contributed by atoms with Crippen LogP contribution in [0, 0.1) is 11.6 Å². The second-order valence-corrected chi connectivity index (χ2v) is 10.4. The summed E-state index contributed by atoms with van der Waals surface area (Å²) in [5.41, 5.74) is 4.04. The van der Waals surface area contributed by atoms with Crippen molar-refractivity contribution in [3.63, 3.8) is 0 Å². The van der Waals surface area contributed by atoms with Crippen LogP contribution in [0.5, 0.6) is 0 Å². The first kappa shape index (κ1) is 27.4. The molecule has 202 valence electrons. The van der Waals surface area contributed by atoms with Crippen LogP contribution in [0.15, 0.2) is 36.4 Å². The van der Waals surface area contributed by atoms with Crippen molar-refractivity contribution in [3.05, 3.63) is 64.9 Å². The molecule has 0 radical (unpaired) electrons. The molecule has 6 N–H and O–H groups in total. The molecule has 1 aliphatic heterocycles. The van der Waals surface area contributed by atoms with Gasteiger partial charge >= 0.3 is 6.09 Å². The molecular weight excluding hydrogens is 520 g/mol. The van der Waals surface area contributed by atoms with Crippen molar-refractivity contribution in [2.24, 2.45) is 5.73 Å². The normalized spacial score (nSPS) is 15.4. The minimum atomic E-state index is -1.45. The molecule has 1 aromatic carbocycles.